The lowest BCUT2D eigenvalue weighted by atomic mass is 10.0. The van der Waals surface area contributed by atoms with Crippen LogP contribution < -0.4 is 5.32 Å². The molecule has 1 N–H and O–H groups in total. The first kappa shape index (κ1) is 13.7. The number of hydrogen-bond donors (Lipinski definition) is 1. The molecule has 0 saturated carbocycles. The van der Waals surface area contributed by atoms with Crippen LogP contribution in [0, 0.1) is 0 Å². The highest BCUT2D eigenvalue weighted by Gasteiger charge is 2.01. The topological polar surface area (TPSA) is 42.7 Å². The van der Waals surface area contributed by atoms with Gasteiger partial charge in [0.25, 0.3) is 0 Å². The molecule has 0 spiro atoms. The molecule has 2 aromatic rings. The van der Waals surface area contributed by atoms with E-state index in [1.807, 2.05) is 11.6 Å². The average Bonchev–Trinajstić information content (AvgIpc) is 2.81. The van der Waals surface area contributed by atoms with E-state index in [4.69, 9.17) is 0 Å². The normalized spacial score (nSPS) is 11.2. The summed E-state index contributed by atoms with van der Waals surface area (Å²) in [7, 11) is 1.97. The fourth-order valence-corrected chi connectivity index (χ4v) is 1.99. The Labute approximate surface area is 114 Å². The summed E-state index contributed by atoms with van der Waals surface area (Å²) in [5, 5.41) is 11.4. The minimum absolute atomic E-state index is 0.595. The molecule has 0 saturated heterocycles. The number of nitrogens with one attached hydrogen (secondary N) is 1. The first-order valence-corrected chi connectivity index (χ1v) is 6.79. The largest absolute Gasteiger partial charge is 0.321 e. The monoisotopic (exact) mass is 258 g/mol. The molecule has 1 aromatic heterocycles. The third kappa shape index (κ3) is 3.89. The van der Waals surface area contributed by atoms with Gasteiger partial charge in [-0.3, -0.25) is 0 Å². The van der Waals surface area contributed by atoms with Crippen LogP contribution >= 0.6 is 0 Å². The van der Waals surface area contributed by atoms with Crippen LogP contribution in [-0.2, 0) is 20.0 Å². The molecule has 0 aliphatic rings. The van der Waals surface area contributed by atoms with Crippen molar-refractivity contribution in [1.29, 1.82) is 0 Å². The molecular formula is C15H22N4. The van der Waals surface area contributed by atoms with Crippen molar-refractivity contribution in [1.82, 2.24) is 20.1 Å². The van der Waals surface area contributed by atoms with Crippen LogP contribution in [0.2, 0.25) is 0 Å². The summed E-state index contributed by atoms with van der Waals surface area (Å²) < 4.78 is 1.96. The molecule has 1 aromatic carbocycles. The molecular weight excluding hydrogens is 236 g/mol. The molecule has 0 atom stereocenters. The number of benzene rings is 1. The number of aromatic nitrogens is 3. The fraction of sp³-hybridized carbons (Fsp3) is 0.467. The third-order valence-corrected chi connectivity index (χ3v) is 3.31. The van der Waals surface area contributed by atoms with Gasteiger partial charge in [0.2, 0.25) is 0 Å². The van der Waals surface area contributed by atoms with Crippen molar-refractivity contribution in [3.05, 3.63) is 47.5 Å². The van der Waals surface area contributed by atoms with E-state index in [0.29, 0.717) is 5.92 Å². The quantitative estimate of drug-likeness (QED) is 0.808. The Kier molecular flexibility index (Phi) is 4.68. The lowest BCUT2D eigenvalue weighted by Crippen LogP contribution is -2.18. The van der Waals surface area contributed by atoms with Gasteiger partial charge in [0, 0.05) is 26.6 Å². The zero-order chi connectivity index (χ0) is 13.7. The second kappa shape index (κ2) is 6.48. The van der Waals surface area contributed by atoms with Crippen molar-refractivity contribution in [2.75, 3.05) is 6.54 Å². The van der Waals surface area contributed by atoms with Gasteiger partial charge in [0.05, 0.1) is 0 Å². The SMILES string of the molecule is CC(C)c1ccc(CNCCc2nncn2C)cc1. The second-order valence-corrected chi connectivity index (χ2v) is 5.18. The molecule has 4 nitrogen and oxygen atoms in total. The van der Waals surface area contributed by atoms with Crippen molar-refractivity contribution >= 4 is 0 Å². The predicted molar refractivity (Wildman–Crippen MR) is 76.9 cm³/mol. The van der Waals surface area contributed by atoms with Gasteiger partial charge in [-0.15, -0.1) is 10.2 Å². The lowest BCUT2D eigenvalue weighted by molar-refractivity contribution is 0.653. The first-order chi connectivity index (χ1) is 9.16. The average molecular weight is 258 g/mol. The summed E-state index contributed by atoms with van der Waals surface area (Å²) in [6.45, 7) is 6.25. The van der Waals surface area contributed by atoms with Gasteiger partial charge in [-0.25, -0.2) is 0 Å². The van der Waals surface area contributed by atoms with Crippen LogP contribution in [0.1, 0.15) is 36.7 Å². The number of hydrogen-bond acceptors (Lipinski definition) is 3. The Balaban J connectivity index is 1.75. The van der Waals surface area contributed by atoms with Gasteiger partial charge in [0.1, 0.15) is 12.2 Å². The molecule has 0 aliphatic carbocycles. The molecule has 4 heteroatoms. The fourth-order valence-electron chi connectivity index (χ4n) is 1.99. The summed E-state index contributed by atoms with van der Waals surface area (Å²) in [4.78, 5) is 0. The Morgan fingerprint density at radius 1 is 1.21 bits per heavy atom. The number of rotatable bonds is 6. The van der Waals surface area contributed by atoms with E-state index >= 15 is 0 Å². The number of aryl methyl sites for hydroxylation is 1. The zero-order valence-corrected chi connectivity index (χ0v) is 11.9. The zero-order valence-electron chi connectivity index (χ0n) is 11.9. The maximum absolute atomic E-state index is 4.06. The standard InChI is InChI=1S/C15H22N4/c1-12(2)14-6-4-13(5-7-14)10-16-9-8-15-18-17-11-19(15)3/h4-7,11-12,16H,8-10H2,1-3H3. The van der Waals surface area contributed by atoms with Gasteiger partial charge >= 0.3 is 0 Å². The van der Waals surface area contributed by atoms with E-state index in [-0.39, 0.29) is 0 Å². The van der Waals surface area contributed by atoms with E-state index in [1.54, 1.807) is 6.33 Å². The Hall–Kier alpha value is -1.68. The van der Waals surface area contributed by atoms with Crippen LogP contribution in [0.5, 0.6) is 0 Å². The molecule has 0 aliphatic heterocycles. The van der Waals surface area contributed by atoms with Crippen LogP contribution in [0.25, 0.3) is 0 Å². The minimum atomic E-state index is 0.595. The summed E-state index contributed by atoms with van der Waals surface area (Å²) >= 11 is 0. The molecule has 0 bridgehead atoms. The van der Waals surface area contributed by atoms with Crippen LogP contribution in [0.4, 0.5) is 0 Å². The van der Waals surface area contributed by atoms with Gasteiger partial charge in [-0.05, 0) is 17.0 Å². The van der Waals surface area contributed by atoms with E-state index in [1.165, 1.54) is 11.1 Å². The summed E-state index contributed by atoms with van der Waals surface area (Å²) in [5.74, 6) is 1.61. The smallest absolute Gasteiger partial charge is 0.133 e. The van der Waals surface area contributed by atoms with Crippen molar-refractivity contribution < 1.29 is 0 Å². The number of nitrogens with zero attached hydrogens (tertiary/aromatic N) is 3. The van der Waals surface area contributed by atoms with Crippen LogP contribution in [-0.4, -0.2) is 21.3 Å². The molecule has 102 valence electrons. The minimum Gasteiger partial charge on any atom is -0.321 e. The van der Waals surface area contributed by atoms with Crippen LogP contribution in [0.3, 0.4) is 0 Å². The first-order valence-electron chi connectivity index (χ1n) is 6.79. The van der Waals surface area contributed by atoms with Gasteiger partial charge in [-0.2, -0.15) is 0 Å². The van der Waals surface area contributed by atoms with Crippen molar-refractivity contribution in [2.24, 2.45) is 7.05 Å². The summed E-state index contributed by atoms with van der Waals surface area (Å²) in [6.07, 6.45) is 2.64. The predicted octanol–water partition coefficient (Wildman–Crippen LogP) is 2.27. The molecule has 1 heterocycles. The maximum atomic E-state index is 4.06. The molecule has 0 fully saturated rings. The van der Waals surface area contributed by atoms with Crippen molar-refractivity contribution in [2.45, 2.75) is 32.7 Å². The molecule has 2 rings (SSSR count). The lowest BCUT2D eigenvalue weighted by Gasteiger charge is -2.08. The molecule has 19 heavy (non-hydrogen) atoms. The second-order valence-electron chi connectivity index (χ2n) is 5.18. The van der Waals surface area contributed by atoms with Gasteiger partial charge in [-0.1, -0.05) is 38.1 Å². The summed E-state index contributed by atoms with van der Waals surface area (Å²) in [6, 6.07) is 8.82. The highest BCUT2D eigenvalue weighted by atomic mass is 15.2. The maximum Gasteiger partial charge on any atom is 0.133 e. The Bertz CT molecular complexity index is 499. The van der Waals surface area contributed by atoms with Gasteiger partial charge < -0.3 is 9.88 Å². The third-order valence-electron chi connectivity index (χ3n) is 3.31. The summed E-state index contributed by atoms with van der Waals surface area (Å²) in [5.41, 5.74) is 2.71. The Morgan fingerprint density at radius 3 is 2.53 bits per heavy atom. The highest BCUT2D eigenvalue weighted by molar-refractivity contribution is 5.24. The molecule has 0 radical (unpaired) electrons. The molecule has 0 unspecified atom stereocenters. The van der Waals surface area contributed by atoms with E-state index in [2.05, 4.69) is 53.6 Å². The highest BCUT2D eigenvalue weighted by Crippen LogP contribution is 2.14. The molecule has 0 amide bonds. The van der Waals surface area contributed by atoms with E-state index in [0.717, 1.165) is 25.3 Å². The van der Waals surface area contributed by atoms with Gasteiger partial charge in [0.15, 0.2) is 0 Å². The van der Waals surface area contributed by atoms with Crippen molar-refractivity contribution in [3.63, 3.8) is 0 Å². The Morgan fingerprint density at radius 2 is 1.95 bits per heavy atom. The van der Waals surface area contributed by atoms with Crippen LogP contribution in [0.15, 0.2) is 30.6 Å². The van der Waals surface area contributed by atoms with Crippen molar-refractivity contribution in [3.8, 4) is 0 Å². The van der Waals surface area contributed by atoms with E-state index < -0.39 is 0 Å². The van der Waals surface area contributed by atoms with E-state index in [9.17, 15) is 0 Å².